The second-order valence-corrected chi connectivity index (χ2v) is 3.61. The van der Waals surface area contributed by atoms with Gasteiger partial charge in [0.15, 0.2) is 0 Å². The molecule has 0 atom stereocenters. The molecule has 0 radical (unpaired) electrons. The van der Waals surface area contributed by atoms with Crippen molar-refractivity contribution in [1.82, 2.24) is 5.32 Å². The van der Waals surface area contributed by atoms with Gasteiger partial charge >= 0.3 is 0 Å². The van der Waals surface area contributed by atoms with Crippen LogP contribution in [0.1, 0.15) is 45.4 Å². The van der Waals surface area contributed by atoms with Crippen LogP contribution in [0.3, 0.4) is 0 Å². The van der Waals surface area contributed by atoms with Crippen molar-refractivity contribution in [2.45, 2.75) is 45.4 Å². The summed E-state index contributed by atoms with van der Waals surface area (Å²) in [6.45, 7) is 4.62. The molecule has 0 bridgehead atoms. The van der Waals surface area contributed by atoms with Crippen molar-refractivity contribution in [3.05, 3.63) is 11.6 Å². The lowest BCUT2D eigenvalue weighted by atomic mass is 10.2. The quantitative estimate of drug-likeness (QED) is 0.474. The van der Waals surface area contributed by atoms with E-state index in [0.717, 1.165) is 0 Å². The molecular weight excluding hydrogens is 146 g/mol. The SMILES string of the molecule is CCCCNCCC1=CCCC1. The molecule has 0 saturated carbocycles. The van der Waals surface area contributed by atoms with E-state index in [4.69, 9.17) is 0 Å². The highest BCUT2D eigenvalue weighted by Crippen LogP contribution is 2.19. The van der Waals surface area contributed by atoms with Crippen molar-refractivity contribution >= 4 is 0 Å². The van der Waals surface area contributed by atoms with Gasteiger partial charge in [0.05, 0.1) is 0 Å². The molecule has 1 aliphatic rings. The Morgan fingerprint density at radius 1 is 1.42 bits per heavy atom. The summed E-state index contributed by atoms with van der Waals surface area (Å²) >= 11 is 0. The third-order valence-corrected chi connectivity index (χ3v) is 2.47. The zero-order chi connectivity index (χ0) is 8.65. The van der Waals surface area contributed by atoms with Crippen LogP contribution in [0.2, 0.25) is 0 Å². The van der Waals surface area contributed by atoms with Gasteiger partial charge in [-0.1, -0.05) is 25.0 Å². The number of hydrogen-bond donors (Lipinski definition) is 1. The molecule has 0 saturated heterocycles. The van der Waals surface area contributed by atoms with Gasteiger partial charge in [0.2, 0.25) is 0 Å². The highest BCUT2D eigenvalue weighted by atomic mass is 14.8. The van der Waals surface area contributed by atoms with Crippen molar-refractivity contribution in [3.63, 3.8) is 0 Å². The average molecular weight is 167 g/mol. The van der Waals surface area contributed by atoms with Crippen LogP contribution in [-0.2, 0) is 0 Å². The smallest absolute Gasteiger partial charge is 0.00116 e. The number of allylic oxidation sites excluding steroid dienone is 1. The summed E-state index contributed by atoms with van der Waals surface area (Å²) in [6, 6.07) is 0. The maximum Gasteiger partial charge on any atom is -0.00116 e. The van der Waals surface area contributed by atoms with Gasteiger partial charge in [-0.2, -0.15) is 0 Å². The van der Waals surface area contributed by atoms with E-state index >= 15 is 0 Å². The first-order valence-electron chi connectivity index (χ1n) is 5.32. The summed E-state index contributed by atoms with van der Waals surface area (Å²) in [4.78, 5) is 0. The fraction of sp³-hybridized carbons (Fsp3) is 0.818. The van der Waals surface area contributed by atoms with Crippen LogP contribution < -0.4 is 5.32 Å². The van der Waals surface area contributed by atoms with Crippen molar-refractivity contribution in [3.8, 4) is 0 Å². The largest absolute Gasteiger partial charge is 0.316 e. The van der Waals surface area contributed by atoms with E-state index in [1.165, 1.54) is 51.6 Å². The van der Waals surface area contributed by atoms with Gasteiger partial charge in [-0.15, -0.1) is 0 Å². The van der Waals surface area contributed by atoms with Gasteiger partial charge in [-0.3, -0.25) is 0 Å². The van der Waals surface area contributed by atoms with E-state index in [9.17, 15) is 0 Å². The van der Waals surface area contributed by atoms with E-state index < -0.39 is 0 Å². The molecular formula is C11H21N. The number of hydrogen-bond acceptors (Lipinski definition) is 1. The second kappa shape index (κ2) is 6.24. The number of nitrogens with one attached hydrogen (secondary N) is 1. The number of unbranched alkanes of at least 4 members (excludes halogenated alkanes) is 1. The highest BCUT2D eigenvalue weighted by molar-refractivity contribution is 5.07. The normalized spacial score (nSPS) is 16.6. The molecule has 0 unspecified atom stereocenters. The maximum atomic E-state index is 3.47. The van der Waals surface area contributed by atoms with Gasteiger partial charge in [0.25, 0.3) is 0 Å². The first kappa shape index (κ1) is 9.79. The van der Waals surface area contributed by atoms with E-state index in [1.54, 1.807) is 5.57 Å². The van der Waals surface area contributed by atoms with Crippen molar-refractivity contribution in [2.24, 2.45) is 0 Å². The van der Waals surface area contributed by atoms with Gasteiger partial charge < -0.3 is 5.32 Å². The summed E-state index contributed by atoms with van der Waals surface area (Å²) in [5, 5.41) is 3.47. The van der Waals surface area contributed by atoms with E-state index in [0.29, 0.717) is 0 Å². The Morgan fingerprint density at radius 3 is 3.00 bits per heavy atom. The predicted octanol–water partition coefficient (Wildman–Crippen LogP) is 2.88. The topological polar surface area (TPSA) is 12.0 Å². The van der Waals surface area contributed by atoms with Crippen LogP contribution in [-0.4, -0.2) is 13.1 Å². The Labute approximate surface area is 76.2 Å². The third kappa shape index (κ3) is 3.91. The molecule has 0 aromatic heterocycles. The summed E-state index contributed by atoms with van der Waals surface area (Å²) in [6.07, 6.45) is 10.4. The van der Waals surface area contributed by atoms with Gasteiger partial charge in [0.1, 0.15) is 0 Å². The molecule has 0 aromatic carbocycles. The van der Waals surface area contributed by atoms with Crippen LogP contribution in [0, 0.1) is 0 Å². The first-order chi connectivity index (χ1) is 5.93. The highest BCUT2D eigenvalue weighted by Gasteiger charge is 2.02. The standard InChI is InChI=1S/C11H21N/c1-2-3-9-12-10-8-11-6-4-5-7-11/h6,12H,2-5,7-10H2,1H3. The molecule has 1 rings (SSSR count). The monoisotopic (exact) mass is 167 g/mol. The van der Waals surface area contributed by atoms with Crippen LogP contribution >= 0.6 is 0 Å². The number of rotatable bonds is 6. The molecule has 70 valence electrons. The Balaban J connectivity index is 1.88. The summed E-state index contributed by atoms with van der Waals surface area (Å²) in [5.41, 5.74) is 1.68. The summed E-state index contributed by atoms with van der Waals surface area (Å²) < 4.78 is 0. The van der Waals surface area contributed by atoms with Crippen LogP contribution in [0.5, 0.6) is 0 Å². The van der Waals surface area contributed by atoms with Crippen LogP contribution in [0.25, 0.3) is 0 Å². The zero-order valence-electron chi connectivity index (χ0n) is 8.23. The maximum absolute atomic E-state index is 3.47. The molecule has 0 amide bonds. The van der Waals surface area contributed by atoms with Gasteiger partial charge in [-0.05, 0) is 45.2 Å². The van der Waals surface area contributed by atoms with Crippen molar-refractivity contribution in [1.29, 1.82) is 0 Å². The summed E-state index contributed by atoms with van der Waals surface area (Å²) in [7, 11) is 0. The third-order valence-electron chi connectivity index (χ3n) is 2.47. The lowest BCUT2D eigenvalue weighted by molar-refractivity contribution is 0.634. The van der Waals surface area contributed by atoms with Crippen LogP contribution in [0.4, 0.5) is 0 Å². The molecule has 1 aliphatic carbocycles. The lowest BCUT2D eigenvalue weighted by Crippen LogP contribution is -2.16. The van der Waals surface area contributed by atoms with E-state index in [1.807, 2.05) is 0 Å². The fourth-order valence-corrected chi connectivity index (χ4v) is 1.64. The molecule has 0 aliphatic heterocycles. The molecule has 1 heteroatoms. The van der Waals surface area contributed by atoms with Crippen molar-refractivity contribution < 1.29 is 0 Å². The molecule has 0 fully saturated rings. The van der Waals surface area contributed by atoms with E-state index in [-0.39, 0.29) is 0 Å². The molecule has 1 N–H and O–H groups in total. The van der Waals surface area contributed by atoms with Crippen LogP contribution in [0.15, 0.2) is 11.6 Å². The lowest BCUT2D eigenvalue weighted by Gasteiger charge is -2.03. The fourth-order valence-electron chi connectivity index (χ4n) is 1.64. The van der Waals surface area contributed by atoms with Gasteiger partial charge in [0, 0.05) is 0 Å². The molecule has 1 nitrogen and oxygen atoms in total. The average Bonchev–Trinajstić information content (AvgIpc) is 2.57. The molecule has 0 aromatic rings. The minimum atomic E-state index is 1.19. The minimum Gasteiger partial charge on any atom is -0.316 e. The Bertz CT molecular complexity index is 138. The molecule has 0 spiro atoms. The predicted molar refractivity (Wildman–Crippen MR) is 54.3 cm³/mol. The Kier molecular flexibility index (Phi) is 5.09. The van der Waals surface area contributed by atoms with Crippen molar-refractivity contribution in [2.75, 3.05) is 13.1 Å². The first-order valence-corrected chi connectivity index (χ1v) is 5.32. The summed E-state index contributed by atoms with van der Waals surface area (Å²) in [5.74, 6) is 0. The Morgan fingerprint density at radius 2 is 2.33 bits per heavy atom. The minimum absolute atomic E-state index is 1.19. The molecule has 0 heterocycles. The molecule has 12 heavy (non-hydrogen) atoms. The Hall–Kier alpha value is -0.300. The van der Waals surface area contributed by atoms with E-state index in [2.05, 4.69) is 18.3 Å². The zero-order valence-corrected chi connectivity index (χ0v) is 8.23. The second-order valence-electron chi connectivity index (χ2n) is 3.61. The van der Waals surface area contributed by atoms with Gasteiger partial charge in [-0.25, -0.2) is 0 Å².